The van der Waals surface area contributed by atoms with Crippen molar-refractivity contribution in [1.82, 2.24) is 9.78 Å². The monoisotopic (exact) mass is 229 g/mol. The summed E-state index contributed by atoms with van der Waals surface area (Å²) in [6.07, 6.45) is 1.60. The van der Waals surface area contributed by atoms with Gasteiger partial charge >= 0.3 is 0 Å². The summed E-state index contributed by atoms with van der Waals surface area (Å²) in [4.78, 5) is 11.7. The molecule has 0 amide bonds. The van der Waals surface area contributed by atoms with Crippen molar-refractivity contribution in [2.24, 2.45) is 5.73 Å². The van der Waals surface area contributed by atoms with E-state index >= 15 is 0 Å². The molecule has 0 aliphatic rings. The first-order valence-electron chi connectivity index (χ1n) is 5.53. The topological polar surface area (TPSA) is 60.9 Å². The number of nitrogens with zero attached hydrogens (tertiary/aromatic N) is 2. The Morgan fingerprint density at radius 1 is 1.29 bits per heavy atom. The van der Waals surface area contributed by atoms with Crippen molar-refractivity contribution in [3.05, 3.63) is 64.1 Å². The van der Waals surface area contributed by atoms with Crippen molar-refractivity contribution in [2.45, 2.75) is 13.0 Å². The summed E-state index contributed by atoms with van der Waals surface area (Å²) in [5.41, 5.74) is 7.79. The lowest BCUT2D eigenvalue weighted by Crippen LogP contribution is -2.31. The van der Waals surface area contributed by atoms with E-state index in [-0.39, 0.29) is 11.6 Å². The second kappa shape index (κ2) is 4.93. The largest absolute Gasteiger partial charge is 0.328 e. The van der Waals surface area contributed by atoms with Crippen LogP contribution in [-0.4, -0.2) is 16.3 Å². The minimum atomic E-state index is -0.204. The highest BCUT2D eigenvalue weighted by Gasteiger charge is 2.13. The second-order valence-electron chi connectivity index (χ2n) is 3.97. The molecule has 0 spiro atoms. The van der Waals surface area contributed by atoms with Crippen LogP contribution in [-0.2, 0) is 0 Å². The zero-order chi connectivity index (χ0) is 12.3. The van der Waals surface area contributed by atoms with E-state index in [1.54, 1.807) is 12.3 Å². The Morgan fingerprint density at radius 3 is 2.59 bits per heavy atom. The summed E-state index contributed by atoms with van der Waals surface area (Å²) in [6, 6.07) is 10.9. The summed E-state index contributed by atoms with van der Waals surface area (Å²) in [6.45, 7) is 2.37. The van der Waals surface area contributed by atoms with Gasteiger partial charge in [-0.1, -0.05) is 29.8 Å². The van der Waals surface area contributed by atoms with Crippen LogP contribution >= 0.6 is 0 Å². The Labute approximate surface area is 99.7 Å². The van der Waals surface area contributed by atoms with Crippen molar-refractivity contribution in [3.63, 3.8) is 0 Å². The molecule has 1 unspecified atom stereocenters. The van der Waals surface area contributed by atoms with Gasteiger partial charge in [-0.3, -0.25) is 4.79 Å². The number of hydrogen-bond acceptors (Lipinski definition) is 3. The fourth-order valence-corrected chi connectivity index (χ4v) is 1.77. The van der Waals surface area contributed by atoms with Gasteiger partial charge in [0.25, 0.3) is 5.56 Å². The van der Waals surface area contributed by atoms with Crippen molar-refractivity contribution in [2.75, 3.05) is 6.54 Å². The van der Waals surface area contributed by atoms with Gasteiger partial charge in [-0.05, 0) is 18.6 Å². The van der Waals surface area contributed by atoms with Crippen LogP contribution in [0.5, 0.6) is 0 Å². The van der Waals surface area contributed by atoms with Crippen LogP contribution in [0.3, 0.4) is 0 Å². The standard InChI is InChI=1S/C13H15N3O/c1-10-4-6-11(7-5-10)12(9-14)16-13(17)3-2-8-15-16/h2-8,12H,9,14H2,1H3. The van der Waals surface area contributed by atoms with Crippen molar-refractivity contribution >= 4 is 0 Å². The predicted molar refractivity (Wildman–Crippen MR) is 66.9 cm³/mol. The Bertz CT molecular complexity index is 545. The minimum absolute atomic E-state index is 0.136. The third kappa shape index (κ3) is 2.42. The molecule has 0 aliphatic carbocycles. The zero-order valence-corrected chi connectivity index (χ0v) is 9.71. The molecule has 17 heavy (non-hydrogen) atoms. The number of nitrogens with two attached hydrogens (primary N) is 1. The molecular weight excluding hydrogens is 214 g/mol. The quantitative estimate of drug-likeness (QED) is 0.857. The molecule has 0 bridgehead atoms. The first-order chi connectivity index (χ1) is 8.22. The van der Waals surface area contributed by atoms with Gasteiger partial charge in [0.05, 0.1) is 6.04 Å². The Morgan fingerprint density at radius 2 is 2.00 bits per heavy atom. The zero-order valence-electron chi connectivity index (χ0n) is 9.71. The molecule has 2 aromatic rings. The Hall–Kier alpha value is -1.94. The molecule has 4 nitrogen and oxygen atoms in total. The highest BCUT2D eigenvalue weighted by molar-refractivity contribution is 5.24. The molecule has 0 aliphatic heterocycles. The van der Waals surface area contributed by atoms with E-state index in [0.29, 0.717) is 6.54 Å². The Balaban J connectivity index is 2.44. The molecular formula is C13H15N3O. The van der Waals surface area contributed by atoms with Crippen LogP contribution in [0.4, 0.5) is 0 Å². The van der Waals surface area contributed by atoms with E-state index in [0.717, 1.165) is 5.56 Å². The number of hydrogen-bond donors (Lipinski definition) is 1. The number of benzene rings is 1. The van der Waals surface area contributed by atoms with Gasteiger partial charge in [0.1, 0.15) is 0 Å². The third-order valence-corrected chi connectivity index (χ3v) is 2.72. The molecule has 2 N–H and O–H groups in total. The van der Waals surface area contributed by atoms with E-state index in [1.165, 1.54) is 16.3 Å². The highest BCUT2D eigenvalue weighted by atomic mass is 16.1. The van der Waals surface area contributed by atoms with E-state index in [9.17, 15) is 4.79 Å². The van der Waals surface area contributed by atoms with Gasteiger partial charge in [-0.15, -0.1) is 0 Å². The minimum Gasteiger partial charge on any atom is -0.328 e. The van der Waals surface area contributed by atoms with Crippen molar-refractivity contribution in [3.8, 4) is 0 Å². The lowest BCUT2D eigenvalue weighted by Gasteiger charge is -2.16. The average molecular weight is 229 g/mol. The summed E-state index contributed by atoms with van der Waals surface area (Å²) >= 11 is 0. The summed E-state index contributed by atoms with van der Waals surface area (Å²) < 4.78 is 1.42. The maximum Gasteiger partial charge on any atom is 0.267 e. The smallest absolute Gasteiger partial charge is 0.267 e. The average Bonchev–Trinajstić information content (AvgIpc) is 2.35. The van der Waals surface area contributed by atoms with E-state index in [2.05, 4.69) is 5.10 Å². The lowest BCUT2D eigenvalue weighted by atomic mass is 10.1. The van der Waals surface area contributed by atoms with E-state index < -0.39 is 0 Å². The molecule has 4 heteroatoms. The summed E-state index contributed by atoms with van der Waals surface area (Å²) in [5.74, 6) is 0. The van der Waals surface area contributed by atoms with Gasteiger partial charge in [0.2, 0.25) is 0 Å². The number of rotatable bonds is 3. The van der Waals surface area contributed by atoms with Gasteiger partial charge < -0.3 is 5.73 Å². The third-order valence-electron chi connectivity index (χ3n) is 2.72. The molecule has 88 valence electrons. The molecule has 2 rings (SSSR count). The van der Waals surface area contributed by atoms with Gasteiger partial charge in [-0.2, -0.15) is 5.10 Å². The molecule has 1 aromatic heterocycles. The van der Waals surface area contributed by atoms with E-state index in [4.69, 9.17) is 5.73 Å². The van der Waals surface area contributed by atoms with Gasteiger partial charge in [0.15, 0.2) is 0 Å². The fraction of sp³-hybridized carbons (Fsp3) is 0.231. The van der Waals surface area contributed by atoms with Crippen molar-refractivity contribution in [1.29, 1.82) is 0 Å². The molecule has 0 saturated carbocycles. The Kier molecular flexibility index (Phi) is 3.35. The normalized spacial score (nSPS) is 12.4. The summed E-state index contributed by atoms with van der Waals surface area (Å²) in [7, 11) is 0. The van der Waals surface area contributed by atoms with Gasteiger partial charge in [-0.25, -0.2) is 4.68 Å². The van der Waals surface area contributed by atoms with Crippen LogP contribution in [0.15, 0.2) is 47.4 Å². The van der Waals surface area contributed by atoms with Crippen molar-refractivity contribution < 1.29 is 0 Å². The van der Waals surface area contributed by atoms with Crippen LogP contribution in [0, 0.1) is 6.92 Å². The lowest BCUT2D eigenvalue weighted by molar-refractivity contribution is 0.503. The highest BCUT2D eigenvalue weighted by Crippen LogP contribution is 2.15. The van der Waals surface area contributed by atoms with Crippen LogP contribution in [0.2, 0.25) is 0 Å². The van der Waals surface area contributed by atoms with Gasteiger partial charge in [0, 0.05) is 18.8 Å². The first kappa shape index (κ1) is 11.5. The number of aryl methyl sites for hydroxylation is 1. The molecule has 1 heterocycles. The fourth-order valence-electron chi connectivity index (χ4n) is 1.77. The second-order valence-corrected chi connectivity index (χ2v) is 3.97. The molecule has 0 saturated heterocycles. The first-order valence-corrected chi connectivity index (χ1v) is 5.53. The maximum absolute atomic E-state index is 11.7. The predicted octanol–water partition coefficient (Wildman–Crippen LogP) is 1.10. The molecule has 0 radical (unpaired) electrons. The van der Waals surface area contributed by atoms with E-state index in [1.807, 2.05) is 31.2 Å². The van der Waals surface area contributed by atoms with Crippen LogP contribution in [0.1, 0.15) is 17.2 Å². The SMILES string of the molecule is Cc1ccc(C(CN)n2ncccc2=O)cc1. The maximum atomic E-state index is 11.7. The van der Waals surface area contributed by atoms with Crippen LogP contribution in [0.25, 0.3) is 0 Å². The molecule has 1 atom stereocenters. The molecule has 1 aromatic carbocycles. The summed E-state index contributed by atoms with van der Waals surface area (Å²) in [5, 5.41) is 4.07. The van der Waals surface area contributed by atoms with Crippen LogP contribution < -0.4 is 11.3 Å². The number of aromatic nitrogens is 2. The molecule has 0 fully saturated rings.